The summed E-state index contributed by atoms with van der Waals surface area (Å²) in [5.74, 6) is 3.33. The second-order valence-electron chi connectivity index (χ2n) is 8.28. The molecule has 2 aliphatic rings. The van der Waals surface area contributed by atoms with Gasteiger partial charge in [0.1, 0.15) is 0 Å². The van der Waals surface area contributed by atoms with Crippen LogP contribution in [0, 0.1) is 5.92 Å². The van der Waals surface area contributed by atoms with Crippen LogP contribution < -0.4 is 24.3 Å². The highest BCUT2D eigenvalue weighted by atomic mass is 32.2. The average Bonchev–Trinajstić information content (AvgIpc) is 3.44. The fraction of sp³-hybridized carbons (Fsp3) is 0.375. The topological polar surface area (TPSA) is 105 Å². The highest BCUT2D eigenvalue weighted by Crippen LogP contribution is 2.36. The van der Waals surface area contributed by atoms with E-state index >= 15 is 0 Å². The van der Waals surface area contributed by atoms with E-state index in [0.29, 0.717) is 41.6 Å². The molecule has 10 heteroatoms. The Bertz CT molecular complexity index is 1180. The number of thioether (sulfide) groups is 1. The van der Waals surface area contributed by atoms with Crippen molar-refractivity contribution in [3.05, 3.63) is 42.0 Å². The summed E-state index contributed by atoms with van der Waals surface area (Å²) >= 11 is 1.19. The number of carbonyl (C=O) groups is 1. The molecule has 2 aliphatic heterocycles. The van der Waals surface area contributed by atoms with E-state index in [1.54, 1.807) is 12.1 Å². The van der Waals surface area contributed by atoms with E-state index in [2.05, 4.69) is 29.4 Å². The van der Waals surface area contributed by atoms with Crippen LogP contribution in [0.2, 0.25) is 0 Å². The van der Waals surface area contributed by atoms with Crippen molar-refractivity contribution >= 4 is 17.7 Å². The lowest BCUT2D eigenvalue weighted by atomic mass is 9.95. The Morgan fingerprint density at radius 2 is 1.71 bits per heavy atom. The molecule has 1 aromatic heterocycles. The first kappa shape index (κ1) is 22.4. The average molecular weight is 484 g/mol. The van der Waals surface area contributed by atoms with Gasteiger partial charge in [-0.1, -0.05) is 31.7 Å². The Morgan fingerprint density at radius 3 is 2.56 bits per heavy atom. The van der Waals surface area contributed by atoms with Gasteiger partial charge in [0.15, 0.2) is 23.0 Å². The van der Waals surface area contributed by atoms with Gasteiger partial charge < -0.3 is 28.7 Å². The summed E-state index contributed by atoms with van der Waals surface area (Å²) in [4.78, 5) is 12.7. The lowest BCUT2D eigenvalue weighted by Gasteiger charge is -2.23. The van der Waals surface area contributed by atoms with Crippen LogP contribution in [0.5, 0.6) is 23.0 Å². The Morgan fingerprint density at radius 1 is 0.971 bits per heavy atom. The van der Waals surface area contributed by atoms with E-state index in [1.807, 2.05) is 24.3 Å². The molecule has 34 heavy (non-hydrogen) atoms. The molecule has 1 amide bonds. The molecule has 3 heterocycles. The number of nitrogens with zero attached hydrogens (tertiary/aromatic N) is 2. The van der Waals surface area contributed by atoms with Crippen molar-refractivity contribution in [2.75, 3.05) is 25.8 Å². The molecule has 3 aromatic rings. The van der Waals surface area contributed by atoms with E-state index in [4.69, 9.17) is 23.4 Å². The third-order valence-electron chi connectivity index (χ3n) is 5.47. The lowest BCUT2D eigenvalue weighted by molar-refractivity contribution is -0.119. The first-order valence-corrected chi connectivity index (χ1v) is 12.1. The summed E-state index contributed by atoms with van der Waals surface area (Å²) in [6.07, 6.45) is 0.845. The van der Waals surface area contributed by atoms with Crippen LogP contribution in [0.1, 0.15) is 31.9 Å². The molecular weight excluding hydrogens is 458 g/mol. The largest absolute Gasteiger partial charge is 0.490 e. The Labute approximate surface area is 201 Å². The zero-order chi connectivity index (χ0) is 23.5. The summed E-state index contributed by atoms with van der Waals surface area (Å²) in [5, 5.41) is 11.6. The van der Waals surface area contributed by atoms with Gasteiger partial charge in [-0.25, -0.2) is 0 Å². The molecular formula is C24H25N3O6S. The van der Waals surface area contributed by atoms with Gasteiger partial charge in [-0.2, -0.15) is 0 Å². The predicted molar refractivity (Wildman–Crippen MR) is 124 cm³/mol. The molecule has 0 bridgehead atoms. The Kier molecular flexibility index (Phi) is 6.48. The van der Waals surface area contributed by atoms with Crippen LogP contribution in [0.25, 0.3) is 11.5 Å². The predicted octanol–water partition coefficient (Wildman–Crippen LogP) is 4.23. The number of hydrogen-bond acceptors (Lipinski definition) is 9. The first-order valence-electron chi connectivity index (χ1n) is 11.1. The molecule has 0 saturated carbocycles. The zero-order valence-corrected chi connectivity index (χ0v) is 19.7. The maximum atomic E-state index is 12.7. The SMILES string of the molecule is CC(C)C(NC(=O)CSc1nnc(-c2ccc3c(c2)OCO3)o1)c1ccc2c(c1)OCCCO2. The van der Waals surface area contributed by atoms with Crippen molar-refractivity contribution in [3.8, 4) is 34.5 Å². The van der Waals surface area contributed by atoms with Crippen LogP contribution >= 0.6 is 11.8 Å². The number of ether oxygens (including phenoxy) is 4. The molecule has 9 nitrogen and oxygen atoms in total. The quantitative estimate of drug-likeness (QED) is 0.494. The van der Waals surface area contributed by atoms with Gasteiger partial charge in [0.05, 0.1) is 25.0 Å². The smallest absolute Gasteiger partial charge is 0.277 e. The van der Waals surface area contributed by atoms with Gasteiger partial charge in [-0.15, -0.1) is 10.2 Å². The van der Waals surface area contributed by atoms with Gasteiger partial charge in [-0.05, 0) is 41.8 Å². The molecule has 0 fully saturated rings. The number of carbonyl (C=O) groups excluding carboxylic acids is 1. The monoisotopic (exact) mass is 483 g/mol. The van der Waals surface area contributed by atoms with E-state index in [0.717, 1.165) is 23.3 Å². The number of amides is 1. The van der Waals surface area contributed by atoms with Crippen molar-refractivity contribution < 1.29 is 28.2 Å². The van der Waals surface area contributed by atoms with Crippen LogP contribution in [0.15, 0.2) is 46.0 Å². The molecule has 1 N–H and O–H groups in total. The second-order valence-corrected chi connectivity index (χ2v) is 9.20. The summed E-state index contributed by atoms with van der Waals surface area (Å²) in [6.45, 7) is 5.58. The standard InChI is InChI=1S/C24H25N3O6S/c1-14(2)22(15-4-6-17-19(10-15)30-9-3-8-29-17)25-21(28)12-34-24-27-26-23(33-24)16-5-7-18-20(11-16)32-13-31-18/h4-7,10-11,14,22H,3,8-9,12-13H2,1-2H3,(H,25,28). The normalized spacial score (nSPS) is 15.1. The molecule has 0 saturated heterocycles. The van der Waals surface area contributed by atoms with Crippen LogP contribution in [-0.4, -0.2) is 41.9 Å². The molecule has 0 aliphatic carbocycles. The Balaban J connectivity index is 1.21. The van der Waals surface area contributed by atoms with Gasteiger partial charge in [0.2, 0.25) is 18.6 Å². The van der Waals surface area contributed by atoms with Gasteiger partial charge in [0, 0.05) is 12.0 Å². The van der Waals surface area contributed by atoms with Gasteiger partial charge in [0.25, 0.3) is 5.22 Å². The van der Waals surface area contributed by atoms with E-state index in [9.17, 15) is 4.79 Å². The highest BCUT2D eigenvalue weighted by Gasteiger charge is 2.22. The van der Waals surface area contributed by atoms with Crippen LogP contribution in [0.3, 0.4) is 0 Å². The first-order chi connectivity index (χ1) is 16.6. The number of aromatic nitrogens is 2. The number of rotatable bonds is 7. The minimum absolute atomic E-state index is 0.126. The van der Waals surface area contributed by atoms with Crippen molar-refractivity contribution in [1.29, 1.82) is 0 Å². The molecule has 2 aromatic carbocycles. The summed E-state index contributed by atoms with van der Waals surface area (Å²) in [5.41, 5.74) is 1.70. The fourth-order valence-electron chi connectivity index (χ4n) is 3.76. The van der Waals surface area contributed by atoms with Crippen molar-refractivity contribution in [2.45, 2.75) is 31.5 Å². The van der Waals surface area contributed by atoms with E-state index in [-0.39, 0.29) is 30.4 Å². The zero-order valence-electron chi connectivity index (χ0n) is 18.9. The molecule has 1 unspecified atom stereocenters. The van der Waals surface area contributed by atoms with Crippen molar-refractivity contribution in [3.63, 3.8) is 0 Å². The maximum absolute atomic E-state index is 12.7. The molecule has 5 rings (SSSR count). The molecule has 0 radical (unpaired) electrons. The molecule has 0 spiro atoms. The van der Waals surface area contributed by atoms with E-state index in [1.165, 1.54) is 11.8 Å². The number of nitrogens with one attached hydrogen (secondary N) is 1. The summed E-state index contributed by atoms with van der Waals surface area (Å²) < 4.78 is 28.0. The number of benzene rings is 2. The summed E-state index contributed by atoms with van der Waals surface area (Å²) in [6, 6.07) is 11.1. The lowest BCUT2D eigenvalue weighted by Crippen LogP contribution is -2.33. The van der Waals surface area contributed by atoms with Gasteiger partial charge in [-0.3, -0.25) is 4.79 Å². The number of hydrogen-bond donors (Lipinski definition) is 1. The van der Waals surface area contributed by atoms with Crippen LogP contribution in [0.4, 0.5) is 0 Å². The Hall–Kier alpha value is -3.40. The highest BCUT2D eigenvalue weighted by molar-refractivity contribution is 7.99. The van der Waals surface area contributed by atoms with Crippen molar-refractivity contribution in [1.82, 2.24) is 15.5 Å². The van der Waals surface area contributed by atoms with Gasteiger partial charge >= 0.3 is 0 Å². The third-order valence-corrected chi connectivity index (χ3v) is 6.29. The second kappa shape index (κ2) is 9.84. The minimum Gasteiger partial charge on any atom is -0.490 e. The fourth-order valence-corrected chi connectivity index (χ4v) is 4.34. The van der Waals surface area contributed by atoms with Crippen molar-refractivity contribution in [2.24, 2.45) is 5.92 Å². The number of fused-ring (bicyclic) bond motifs is 2. The van der Waals surface area contributed by atoms with Crippen LogP contribution in [-0.2, 0) is 4.79 Å². The summed E-state index contributed by atoms with van der Waals surface area (Å²) in [7, 11) is 0. The third kappa shape index (κ3) is 4.91. The minimum atomic E-state index is -0.169. The van der Waals surface area contributed by atoms with E-state index < -0.39 is 0 Å². The molecule has 1 atom stereocenters. The maximum Gasteiger partial charge on any atom is 0.277 e. The molecule has 178 valence electrons.